The van der Waals surface area contributed by atoms with E-state index in [4.69, 9.17) is 34.8 Å². The van der Waals surface area contributed by atoms with Crippen molar-refractivity contribution in [2.75, 3.05) is 4.72 Å². The molecule has 21 heavy (non-hydrogen) atoms. The standard InChI is InChI=1S/C12H10Cl3N3O2S/c1-6-3-8(13)7(2)12(11(6)15)21(19,20)18-10-5-16-9(14)4-17-10/h3-5H,1-2H3,(H,17,18). The molecule has 2 rings (SSSR count). The first-order chi connectivity index (χ1) is 9.72. The molecule has 0 saturated carbocycles. The zero-order chi connectivity index (χ0) is 15.8. The number of sulfonamides is 1. The lowest BCUT2D eigenvalue weighted by atomic mass is 10.2. The van der Waals surface area contributed by atoms with Gasteiger partial charge in [0.1, 0.15) is 10.0 Å². The van der Waals surface area contributed by atoms with Gasteiger partial charge in [-0.2, -0.15) is 0 Å². The van der Waals surface area contributed by atoms with Crippen molar-refractivity contribution < 1.29 is 8.42 Å². The molecule has 0 amide bonds. The molecule has 0 unspecified atom stereocenters. The van der Waals surface area contributed by atoms with Gasteiger partial charge in [0.05, 0.1) is 17.4 Å². The normalized spacial score (nSPS) is 11.5. The van der Waals surface area contributed by atoms with E-state index >= 15 is 0 Å². The molecule has 0 saturated heterocycles. The second kappa shape index (κ2) is 5.96. The SMILES string of the molecule is Cc1cc(Cl)c(C)c(S(=O)(=O)Nc2cnc(Cl)cn2)c1Cl. The van der Waals surface area contributed by atoms with Crippen LogP contribution in [0, 0.1) is 13.8 Å². The maximum absolute atomic E-state index is 12.5. The molecule has 112 valence electrons. The number of anilines is 1. The fraction of sp³-hybridized carbons (Fsp3) is 0.167. The average molecular weight is 367 g/mol. The van der Waals surface area contributed by atoms with E-state index in [1.807, 2.05) is 0 Å². The summed E-state index contributed by atoms with van der Waals surface area (Å²) in [6.45, 7) is 3.25. The van der Waals surface area contributed by atoms with Crippen LogP contribution in [0.4, 0.5) is 5.82 Å². The number of halogens is 3. The largest absolute Gasteiger partial charge is 0.264 e. The van der Waals surface area contributed by atoms with Crippen LogP contribution in [0.15, 0.2) is 23.4 Å². The first-order valence-electron chi connectivity index (χ1n) is 5.68. The Bertz CT molecular complexity index is 766. The fourth-order valence-corrected chi connectivity index (χ4v) is 3.99. The summed E-state index contributed by atoms with van der Waals surface area (Å²) in [6, 6.07) is 1.61. The van der Waals surface area contributed by atoms with E-state index in [1.54, 1.807) is 19.9 Å². The molecule has 0 aliphatic heterocycles. The molecule has 1 aromatic carbocycles. The van der Waals surface area contributed by atoms with Gasteiger partial charge < -0.3 is 0 Å². The fourth-order valence-electron chi connectivity index (χ4n) is 1.69. The number of aromatic nitrogens is 2. The zero-order valence-electron chi connectivity index (χ0n) is 11.0. The Hall–Kier alpha value is -1.08. The molecule has 1 aromatic heterocycles. The predicted octanol–water partition coefficient (Wildman–Crippen LogP) is 3.85. The third-order valence-electron chi connectivity index (χ3n) is 2.72. The minimum absolute atomic E-state index is 0.0347. The number of benzene rings is 1. The van der Waals surface area contributed by atoms with Crippen LogP contribution in [0.2, 0.25) is 15.2 Å². The van der Waals surface area contributed by atoms with Gasteiger partial charge in [-0.05, 0) is 31.0 Å². The Morgan fingerprint density at radius 2 is 1.76 bits per heavy atom. The lowest BCUT2D eigenvalue weighted by Crippen LogP contribution is -2.16. The molecule has 0 bridgehead atoms. The predicted molar refractivity (Wildman–Crippen MR) is 83.8 cm³/mol. The maximum Gasteiger partial charge on any atom is 0.264 e. The molecule has 0 spiro atoms. The minimum atomic E-state index is -3.94. The highest BCUT2D eigenvalue weighted by Crippen LogP contribution is 2.34. The molecule has 0 fully saturated rings. The molecule has 2 aromatic rings. The summed E-state index contributed by atoms with van der Waals surface area (Å²) in [6.07, 6.45) is 2.44. The van der Waals surface area contributed by atoms with Gasteiger partial charge in [-0.1, -0.05) is 34.8 Å². The molecule has 0 atom stereocenters. The molecular weight excluding hydrogens is 357 g/mol. The molecule has 0 radical (unpaired) electrons. The Balaban J connectivity index is 2.52. The first-order valence-corrected chi connectivity index (χ1v) is 8.29. The van der Waals surface area contributed by atoms with Gasteiger partial charge in [0.25, 0.3) is 10.0 Å². The van der Waals surface area contributed by atoms with Crippen molar-refractivity contribution in [3.63, 3.8) is 0 Å². The highest BCUT2D eigenvalue weighted by molar-refractivity contribution is 7.92. The lowest BCUT2D eigenvalue weighted by Gasteiger charge is -2.14. The lowest BCUT2D eigenvalue weighted by molar-refractivity contribution is 0.600. The van der Waals surface area contributed by atoms with Crippen LogP contribution in [-0.4, -0.2) is 18.4 Å². The van der Waals surface area contributed by atoms with Gasteiger partial charge in [-0.25, -0.2) is 18.4 Å². The van der Waals surface area contributed by atoms with E-state index in [0.717, 1.165) is 0 Å². The zero-order valence-corrected chi connectivity index (χ0v) is 14.1. The summed E-state index contributed by atoms with van der Waals surface area (Å²) in [5.41, 5.74) is 0.927. The molecule has 0 aliphatic carbocycles. The van der Waals surface area contributed by atoms with Crippen molar-refractivity contribution in [3.8, 4) is 0 Å². The van der Waals surface area contributed by atoms with Crippen LogP contribution < -0.4 is 4.72 Å². The highest BCUT2D eigenvalue weighted by Gasteiger charge is 2.24. The number of hydrogen-bond acceptors (Lipinski definition) is 4. The van der Waals surface area contributed by atoms with Crippen LogP contribution in [0.5, 0.6) is 0 Å². The van der Waals surface area contributed by atoms with Gasteiger partial charge in [-0.15, -0.1) is 0 Å². The summed E-state index contributed by atoms with van der Waals surface area (Å²) in [5.74, 6) is 0.0347. The monoisotopic (exact) mass is 365 g/mol. The van der Waals surface area contributed by atoms with E-state index in [0.29, 0.717) is 16.1 Å². The van der Waals surface area contributed by atoms with E-state index < -0.39 is 10.0 Å². The topological polar surface area (TPSA) is 72.0 Å². The van der Waals surface area contributed by atoms with E-state index in [9.17, 15) is 8.42 Å². The van der Waals surface area contributed by atoms with Crippen LogP contribution >= 0.6 is 34.8 Å². The van der Waals surface area contributed by atoms with Crippen LogP contribution in [0.3, 0.4) is 0 Å². The number of nitrogens with one attached hydrogen (secondary N) is 1. The van der Waals surface area contributed by atoms with Crippen molar-refractivity contribution in [1.29, 1.82) is 0 Å². The number of aryl methyl sites for hydroxylation is 1. The van der Waals surface area contributed by atoms with Crippen molar-refractivity contribution in [3.05, 3.63) is 44.8 Å². The summed E-state index contributed by atoms with van der Waals surface area (Å²) in [5, 5.41) is 0.594. The quantitative estimate of drug-likeness (QED) is 0.895. The summed E-state index contributed by atoms with van der Waals surface area (Å²) in [7, 11) is -3.94. The molecule has 1 heterocycles. The van der Waals surface area contributed by atoms with E-state index in [1.165, 1.54) is 12.4 Å². The number of hydrogen-bond donors (Lipinski definition) is 1. The Kier molecular flexibility index (Phi) is 4.63. The van der Waals surface area contributed by atoms with Crippen molar-refractivity contribution in [1.82, 2.24) is 9.97 Å². The Labute approximate surface area is 137 Å². The molecular formula is C12H10Cl3N3O2S. The second-order valence-corrected chi connectivity index (χ2v) is 7.06. The minimum Gasteiger partial charge on any atom is -0.262 e. The van der Waals surface area contributed by atoms with Gasteiger partial charge in [-0.3, -0.25) is 4.72 Å². The summed E-state index contributed by atoms with van der Waals surface area (Å²) < 4.78 is 27.3. The van der Waals surface area contributed by atoms with Gasteiger partial charge in [0.15, 0.2) is 5.82 Å². The van der Waals surface area contributed by atoms with E-state index in [-0.39, 0.29) is 20.9 Å². The van der Waals surface area contributed by atoms with Crippen LogP contribution in [0.25, 0.3) is 0 Å². The smallest absolute Gasteiger partial charge is 0.262 e. The van der Waals surface area contributed by atoms with Gasteiger partial charge in [0.2, 0.25) is 0 Å². The molecule has 1 N–H and O–H groups in total. The van der Waals surface area contributed by atoms with Gasteiger partial charge in [0, 0.05) is 5.02 Å². The Morgan fingerprint density at radius 3 is 2.33 bits per heavy atom. The second-order valence-electron chi connectivity index (χ2n) is 4.27. The van der Waals surface area contributed by atoms with Gasteiger partial charge >= 0.3 is 0 Å². The summed E-state index contributed by atoms with van der Waals surface area (Å²) in [4.78, 5) is 7.51. The van der Waals surface area contributed by atoms with Crippen molar-refractivity contribution in [2.24, 2.45) is 0 Å². The maximum atomic E-state index is 12.5. The third-order valence-corrected chi connectivity index (χ3v) is 5.43. The summed E-state index contributed by atoms with van der Waals surface area (Å²) >= 11 is 17.7. The van der Waals surface area contributed by atoms with E-state index in [2.05, 4.69) is 14.7 Å². The van der Waals surface area contributed by atoms with Crippen molar-refractivity contribution in [2.45, 2.75) is 18.7 Å². The number of nitrogens with zero attached hydrogens (tertiary/aromatic N) is 2. The van der Waals surface area contributed by atoms with Crippen LogP contribution in [-0.2, 0) is 10.0 Å². The average Bonchev–Trinajstić information content (AvgIpc) is 2.39. The third kappa shape index (κ3) is 3.40. The van der Waals surface area contributed by atoms with Crippen molar-refractivity contribution >= 4 is 50.6 Å². The molecule has 9 heteroatoms. The molecule has 5 nitrogen and oxygen atoms in total. The number of rotatable bonds is 3. The first kappa shape index (κ1) is 16.3. The van der Waals surface area contributed by atoms with Crippen LogP contribution in [0.1, 0.15) is 11.1 Å². The Morgan fingerprint density at radius 1 is 1.10 bits per heavy atom. The molecule has 0 aliphatic rings. The highest BCUT2D eigenvalue weighted by atomic mass is 35.5.